The summed E-state index contributed by atoms with van der Waals surface area (Å²) in [7, 11) is 0. The largest absolute Gasteiger partial charge is 0.355 e. The first kappa shape index (κ1) is 16.6. The molecule has 0 fully saturated rings. The van der Waals surface area contributed by atoms with E-state index in [1.54, 1.807) is 11.8 Å². The smallest absolute Gasteiger partial charge is 0.230 e. The van der Waals surface area contributed by atoms with Crippen LogP contribution < -0.4 is 5.32 Å². The minimum Gasteiger partial charge on any atom is -0.355 e. The fraction of sp³-hybridized carbons (Fsp3) is 0.316. The second kappa shape index (κ2) is 8.64. The van der Waals surface area contributed by atoms with E-state index in [4.69, 9.17) is 0 Å². The number of aryl methyl sites for hydroxylation is 2. The Labute approximate surface area is 137 Å². The van der Waals surface area contributed by atoms with Crippen molar-refractivity contribution in [1.82, 2.24) is 5.32 Å². The van der Waals surface area contributed by atoms with Crippen LogP contribution in [0, 0.1) is 13.8 Å². The van der Waals surface area contributed by atoms with Gasteiger partial charge in [-0.15, -0.1) is 11.8 Å². The second-order valence-electron chi connectivity index (χ2n) is 5.57. The monoisotopic (exact) mass is 313 g/mol. The average Bonchev–Trinajstić information content (AvgIpc) is 2.47. The first-order chi connectivity index (χ1) is 10.6. The molecule has 0 bridgehead atoms. The van der Waals surface area contributed by atoms with Gasteiger partial charge in [0.05, 0.1) is 5.75 Å². The first-order valence-corrected chi connectivity index (χ1v) is 8.74. The van der Waals surface area contributed by atoms with Gasteiger partial charge in [0.15, 0.2) is 0 Å². The molecule has 116 valence electrons. The lowest BCUT2D eigenvalue weighted by Gasteiger charge is -2.07. The summed E-state index contributed by atoms with van der Waals surface area (Å²) < 4.78 is 0. The molecule has 0 unspecified atom stereocenters. The van der Waals surface area contributed by atoms with Gasteiger partial charge in [-0.25, -0.2) is 0 Å². The molecule has 1 amide bonds. The van der Waals surface area contributed by atoms with Crippen molar-refractivity contribution in [3.05, 3.63) is 70.8 Å². The lowest BCUT2D eigenvalue weighted by atomic mass is 10.1. The van der Waals surface area contributed by atoms with Crippen LogP contribution in [0.15, 0.2) is 48.5 Å². The molecule has 3 heteroatoms. The summed E-state index contributed by atoms with van der Waals surface area (Å²) >= 11 is 1.67. The summed E-state index contributed by atoms with van der Waals surface area (Å²) in [5.41, 5.74) is 5.11. The maximum atomic E-state index is 11.8. The number of carbonyl (C=O) groups is 1. The summed E-state index contributed by atoms with van der Waals surface area (Å²) in [6.07, 6.45) is 0.883. The molecule has 0 radical (unpaired) electrons. The van der Waals surface area contributed by atoms with Gasteiger partial charge in [0.25, 0.3) is 0 Å². The third-order valence-corrected chi connectivity index (χ3v) is 4.37. The van der Waals surface area contributed by atoms with Gasteiger partial charge < -0.3 is 5.32 Å². The van der Waals surface area contributed by atoms with Gasteiger partial charge in [0, 0.05) is 12.3 Å². The van der Waals surface area contributed by atoms with Crippen LogP contribution in [0.25, 0.3) is 0 Å². The number of benzene rings is 2. The van der Waals surface area contributed by atoms with E-state index in [1.807, 2.05) is 18.2 Å². The van der Waals surface area contributed by atoms with E-state index in [2.05, 4.69) is 49.5 Å². The summed E-state index contributed by atoms with van der Waals surface area (Å²) in [6.45, 7) is 4.92. The first-order valence-electron chi connectivity index (χ1n) is 7.59. The summed E-state index contributed by atoms with van der Waals surface area (Å²) in [5, 5.41) is 2.98. The molecule has 2 aromatic carbocycles. The van der Waals surface area contributed by atoms with E-state index >= 15 is 0 Å². The van der Waals surface area contributed by atoms with Gasteiger partial charge in [-0.3, -0.25) is 4.79 Å². The van der Waals surface area contributed by atoms with Crippen LogP contribution in [0.4, 0.5) is 0 Å². The second-order valence-corrected chi connectivity index (χ2v) is 6.56. The molecule has 0 aromatic heterocycles. The molecule has 0 atom stereocenters. The number of nitrogens with one attached hydrogen (secondary N) is 1. The Morgan fingerprint density at radius 1 is 1.00 bits per heavy atom. The van der Waals surface area contributed by atoms with E-state index in [9.17, 15) is 4.79 Å². The van der Waals surface area contributed by atoms with E-state index in [0.717, 1.165) is 12.2 Å². The Morgan fingerprint density at radius 3 is 2.36 bits per heavy atom. The predicted octanol–water partition coefficient (Wildman–Crippen LogP) is 3.90. The molecule has 2 aromatic rings. The third-order valence-electron chi connectivity index (χ3n) is 3.36. The molecule has 0 aliphatic carbocycles. The van der Waals surface area contributed by atoms with Crippen molar-refractivity contribution >= 4 is 17.7 Å². The molecule has 22 heavy (non-hydrogen) atoms. The van der Waals surface area contributed by atoms with Crippen LogP contribution in [0.5, 0.6) is 0 Å². The lowest BCUT2D eigenvalue weighted by molar-refractivity contribution is -0.118. The number of carbonyl (C=O) groups excluding carboxylic acids is 1. The van der Waals surface area contributed by atoms with Crippen molar-refractivity contribution in [1.29, 1.82) is 0 Å². The molecule has 0 aliphatic heterocycles. The summed E-state index contributed by atoms with van der Waals surface area (Å²) in [5.74, 6) is 1.52. The molecular weight excluding hydrogens is 290 g/mol. The molecule has 0 saturated carbocycles. The van der Waals surface area contributed by atoms with Crippen LogP contribution >= 0.6 is 11.8 Å². The molecule has 0 saturated heterocycles. The number of thioether (sulfide) groups is 1. The number of hydrogen-bond acceptors (Lipinski definition) is 2. The van der Waals surface area contributed by atoms with Crippen molar-refractivity contribution in [2.45, 2.75) is 26.0 Å². The molecule has 2 rings (SSSR count). The van der Waals surface area contributed by atoms with Gasteiger partial charge in [0.1, 0.15) is 0 Å². The SMILES string of the molecule is Cc1cc(C)cc(CSCC(=O)NCCc2ccccc2)c1. The quantitative estimate of drug-likeness (QED) is 0.840. The zero-order chi connectivity index (χ0) is 15.8. The number of rotatable bonds is 7. The standard InChI is InChI=1S/C19H23NOS/c1-15-10-16(2)12-18(11-15)13-22-14-19(21)20-9-8-17-6-4-3-5-7-17/h3-7,10-12H,8-9,13-14H2,1-2H3,(H,20,21). The van der Waals surface area contributed by atoms with E-state index in [0.29, 0.717) is 12.3 Å². The highest BCUT2D eigenvalue weighted by atomic mass is 32.2. The fourth-order valence-electron chi connectivity index (χ4n) is 2.46. The van der Waals surface area contributed by atoms with Gasteiger partial charge in [-0.1, -0.05) is 59.7 Å². The topological polar surface area (TPSA) is 29.1 Å². The highest BCUT2D eigenvalue weighted by Crippen LogP contribution is 2.15. The van der Waals surface area contributed by atoms with Gasteiger partial charge in [-0.2, -0.15) is 0 Å². The van der Waals surface area contributed by atoms with Crippen LogP contribution in [-0.2, 0) is 17.0 Å². The van der Waals surface area contributed by atoms with Crippen molar-refractivity contribution in [2.75, 3.05) is 12.3 Å². The van der Waals surface area contributed by atoms with Gasteiger partial charge in [-0.05, 0) is 31.4 Å². The molecule has 0 aliphatic rings. The van der Waals surface area contributed by atoms with E-state index in [-0.39, 0.29) is 5.91 Å². The third kappa shape index (κ3) is 5.94. The highest BCUT2D eigenvalue weighted by Gasteiger charge is 2.02. The number of hydrogen-bond donors (Lipinski definition) is 1. The highest BCUT2D eigenvalue weighted by molar-refractivity contribution is 7.99. The Kier molecular flexibility index (Phi) is 6.53. The number of amides is 1. The Hall–Kier alpha value is -1.74. The van der Waals surface area contributed by atoms with Crippen LogP contribution in [-0.4, -0.2) is 18.2 Å². The molecule has 2 nitrogen and oxygen atoms in total. The maximum absolute atomic E-state index is 11.8. The Balaban J connectivity index is 1.65. The zero-order valence-corrected chi connectivity index (χ0v) is 14.1. The van der Waals surface area contributed by atoms with Crippen LogP contribution in [0.3, 0.4) is 0 Å². The van der Waals surface area contributed by atoms with Gasteiger partial charge in [0.2, 0.25) is 5.91 Å². The minimum absolute atomic E-state index is 0.116. The maximum Gasteiger partial charge on any atom is 0.230 e. The van der Waals surface area contributed by atoms with E-state index in [1.165, 1.54) is 22.3 Å². The lowest BCUT2D eigenvalue weighted by Crippen LogP contribution is -2.27. The Bertz CT molecular complexity index is 590. The normalized spacial score (nSPS) is 10.5. The van der Waals surface area contributed by atoms with Gasteiger partial charge >= 0.3 is 0 Å². The molecule has 0 spiro atoms. The predicted molar refractivity (Wildman–Crippen MR) is 95.2 cm³/mol. The van der Waals surface area contributed by atoms with Crippen molar-refractivity contribution in [3.8, 4) is 0 Å². The van der Waals surface area contributed by atoms with E-state index < -0.39 is 0 Å². The van der Waals surface area contributed by atoms with Crippen LogP contribution in [0.1, 0.15) is 22.3 Å². The summed E-state index contributed by atoms with van der Waals surface area (Å²) in [6, 6.07) is 16.8. The van der Waals surface area contributed by atoms with Crippen molar-refractivity contribution in [3.63, 3.8) is 0 Å². The molecule has 0 heterocycles. The van der Waals surface area contributed by atoms with Crippen molar-refractivity contribution < 1.29 is 4.79 Å². The minimum atomic E-state index is 0.116. The summed E-state index contributed by atoms with van der Waals surface area (Å²) in [4.78, 5) is 11.8. The van der Waals surface area contributed by atoms with Crippen LogP contribution in [0.2, 0.25) is 0 Å². The molecular formula is C19H23NOS. The van der Waals surface area contributed by atoms with Crippen molar-refractivity contribution in [2.24, 2.45) is 0 Å². The fourth-order valence-corrected chi connectivity index (χ4v) is 3.25. The Morgan fingerprint density at radius 2 is 1.68 bits per heavy atom. The average molecular weight is 313 g/mol. The zero-order valence-electron chi connectivity index (χ0n) is 13.3. The molecule has 1 N–H and O–H groups in total.